The summed E-state index contributed by atoms with van der Waals surface area (Å²) in [5.74, 6) is -2.65. The maximum atomic E-state index is 14.4. The highest BCUT2D eigenvalue weighted by molar-refractivity contribution is 5.91. The highest BCUT2D eigenvalue weighted by Crippen LogP contribution is 2.76. The maximum Gasteiger partial charge on any atom is 0.334 e. The van der Waals surface area contributed by atoms with E-state index in [9.17, 15) is 24.3 Å². The molecule has 11 atom stereocenters. The summed E-state index contributed by atoms with van der Waals surface area (Å²) in [7, 11) is 0. The molecule has 2 saturated carbocycles. The molecule has 1 unspecified atom stereocenters. The highest BCUT2D eigenvalue weighted by atomic mass is 16.6. The summed E-state index contributed by atoms with van der Waals surface area (Å²) >= 11 is 0. The summed E-state index contributed by atoms with van der Waals surface area (Å²) in [5, 5.41) is 9.55. The lowest BCUT2D eigenvalue weighted by atomic mass is 9.55. The fourth-order valence-electron chi connectivity index (χ4n) is 10.5. The molecule has 6 rings (SSSR count). The van der Waals surface area contributed by atoms with Crippen LogP contribution in [0.25, 0.3) is 0 Å². The van der Waals surface area contributed by atoms with Gasteiger partial charge in [0.15, 0.2) is 0 Å². The Bertz CT molecular complexity index is 1360. The number of rotatable bonds is 6. The molecule has 0 aromatic carbocycles. The fraction of sp³-hybridized carbons (Fsp3) is 0.706. The van der Waals surface area contributed by atoms with Gasteiger partial charge in [-0.1, -0.05) is 37.1 Å². The molecule has 0 aromatic heterocycles. The molecule has 4 aliphatic carbocycles. The summed E-state index contributed by atoms with van der Waals surface area (Å²) < 4.78 is 24.4. The van der Waals surface area contributed by atoms with Gasteiger partial charge in [-0.2, -0.15) is 0 Å². The van der Waals surface area contributed by atoms with E-state index in [2.05, 4.69) is 20.4 Å². The Morgan fingerprint density at radius 1 is 1.07 bits per heavy atom. The first-order chi connectivity index (χ1) is 20.3. The minimum absolute atomic E-state index is 0.0234. The van der Waals surface area contributed by atoms with Crippen LogP contribution in [0.2, 0.25) is 0 Å². The number of aliphatic hydroxyl groups is 1. The summed E-state index contributed by atoms with van der Waals surface area (Å²) in [4.78, 5) is 52.3. The molecule has 1 N–H and O–H groups in total. The van der Waals surface area contributed by atoms with Crippen LogP contribution in [0.3, 0.4) is 0 Å². The average molecular weight is 597 g/mol. The molecule has 0 amide bonds. The number of hydrogen-bond donors (Lipinski definition) is 1. The molecule has 2 heterocycles. The Balaban J connectivity index is 1.52. The van der Waals surface area contributed by atoms with Gasteiger partial charge in [0, 0.05) is 49.7 Å². The number of ether oxygens (including phenoxy) is 4. The summed E-state index contributed by atoms with van der Waals surface area (Å²) in [5.41, 5.74) is 2.92. The predicted octanol–water partition coefficient (Wildman–Crippen LogP) is 4.37. The molecular formula is C34H44O9. The standard InChI is InChI=1S/C34H44O9/c1-15(9-8-10-35)26-16(2)11-25-28(29(26)40-20(6)36)34(32(39)43-25)14-33-17(3)12-24-22(18(4)31(38)42-24)13-23(33)19(5)27(34)30(33)41-21(7)37/h15,17,22,24-25,27-30,35H,4,8-14H2,1-3,5-7H3/t15-,17-,22+,24-,25+,27-,28+,29+,30?,33-,34+/m1/s1. The third-order valence-corrected chi connectivity index (χ3v) is 11.9. The van der Waals surface area contributed by atoms with E-state index in [0.29, 0.717) is 37.7 Å². The van der Waals surface area contributed by atoms with Gasteiger partial charge in [-0.25, -0.2) is 4.79 Å². The Morgan fingerprint density at radius 2 is 1.77 bits per heavy atom. The van der Waals surface area contributed by atoms with Crippen molar-refractivity contribution < 1.29 is 43.2 Å². The van der Waals surface area contributed by atoms with Gasteiger partial charge in [-0.15, -0.1) is 0 Å². The van der Waals surface area contributed by atoms with Gasteiger partial charge in [-0.05, 0) is 63.4 Å². The zero-order valence-corrected chi connectivity index (χ0v) is 26.1. The van der Waals surface area contributed by atoms with Gasteiger partial charge in [-0.3, -0.25) is 14.4 Å². The SMILES string of the molecule is C=C1C(=O)O[C@@H]2C[C@@H](C)[C@]34C[C@]5(C(=O)O[C@H]6CC(C)=C([C@H](C)CCCO)[C@H](OC(C)=O)[C@H]65)[C@H](C(C)=C3C[C@@H]12)C4OC(C)=O. The van der Waals surface area contributed by atoms with Crippen LogP contribution in [-0.2, 0) is 38.1 Å². The largest absolute Gasteiger partial charge is 0.461 e. The minimum Gasteiger partial charge on any atom is -0.461 e. The van der Waals surface area contributed by atoms with Crippen molar-refractivity contribution in [3.8, 4) is 0 Å². The molecule has 9 heteroatoms. The molecule has 2 saturated heterocycles. The molecule has 6 aliphatic rings. The third-order valence-electron chi connectivity index (χ3n) is 11.9. The molecule has 2 aliphatic heterocycles. The minimum atomic E-state index is -1.07. The molecule has 0 aromatic rings. The molecule has 9 nitrogen and oxygen atoms in total. The number of carbonyl (C=O) groups excluding carboxylic acids is 4. The Hall–Kier alpha value is -2.94. The van der Waals surface area contributed by atoms with Crippen molar-refractivity contribution in [2.24, 2.45) is 40.4 Å². The molecular weight excluding hydrogens is 552 g/mol. The second-order valence-electron chi connectivity index (χ2n) is 14.0. The van der Waals surface area contributed by atoms with Gasteiger partial charge in [0.1, 0.15) is 24.4 Å². The topological polar surface area (TPSA) is 125 Å². The smallest absolute Gasteiger partial charge is 0.334 e. The van der Waals surface area contributed by atoms with E-state index >= 15 is 0 Å². The van der Waals surface area contributed by atoms with E-state index in [-0.39, 0.29) is 42.4 Å². The van der Waals surface area contributed by atoms with Crippen LogP contribution in [0.5, 0.6) is 0 Å². The predicted molar refractivity (Wildman–Crippen MR) is 154 cm³/mol. The molecule has 0 radical (unpaired) electrons. The zero-order chi connectivity index (χ0) is 31.2. The molecule has 234 valence electrons. The lowest BCUT2D eigenvalue weighted by Gasteiger charge is -2.46. The molecule has 4 fully saturated rings. The Morgan fingerprint density at radius 3 is 2.42 bits per heavy atom. The Kier molecular flexibility index (Phi) is 7.22. The van der Waals surface area contributed by atoms with E-state index in [0.717, 1.165) is 28.7 Å². The number of carbonyl (C=O) groups is 4. The van der Waals surface area contributed by atoms with Crippen molar-refractivity contribution in [3.63, 3.8) is 0 Å². The number of esters is 4. The van der Waals surface area contributed by atoms with Gasteiger partial charge < -0.3 is 24.1 Å². The van der Waals surface area contributed by atoms with Crippen LogP contribution in [0.4, 0.5) is 0 Å². The van der Waals surface area contributed by atoms with E-state index in [1.165, 1.54) is 13.8 Å². The summed E-state index contributed by atoms with van der Waals surface area (Å²) in [6, 6.07) is 0. The lowest BCUT2D eigenvalue weighted by Crippen LogP contribution is -2.51. The average Bonchev–Trinajstić information content (AvgIpc) is 3.50. The van der Waals surface area contributed by atoms with Crippen molar-refractivity contribution >= 4 is 23.9 Å². The molecule has 43 heavy (non-hydrogen) atoms. The monoisotopic (exact) mass is 596 g/mol. The second kappa shape index (κ2) is 10.3. The van der Waals surface area contributed by atoms with Crippen LogP contribution in [0.1, 0.15) is 80.1 Å². The third kappa shape index (κ3) is 4.05. The van der Waals surface area contributed by atoms with Crippen LogP contribution in [0.15, 0.2) is 34.4 Å². The second-order valence-corrected chi connectivity index (χ2v) is 14.0. The Labute approximate surface area is 253 Å². The van der Waals surface area contributed by atoms with Crippen LogP contribution >= 0.6 is 0 Å². The first kappa shape index (κ1) is 30.1. The number of aliphatic hydroxyl groups excluding tert-OH is 1. The van der Waals surface area contributed by atoms with Crippen molar-refractivity contribution in [3.05, 3.63) is 34.4 Å². The van der Waals surface area contributed by atoms with E-state index in [1.807, 2.05) is 13.8 Å². The zero-order valence-electron chi connectivity index (χ0n) is 26.1. The van der Waals surface area contributed by atoms with Gasteiger partial charge in [0.05, 0.1) is 11.3 Å². The first-order valence-electron chi connectivity index (χ1n) is 15.7. The normalized spacial score (nSPS) is 41.9. The van der Waals surface area contributed by atoms with Crippen molar-refractivity contribution in [2.45, 2.75) is 104 Å². The van der Waals surface area contributed by atoms with Crippen molar-refractivity contribution in [1.82, 2.24) is 0 Å². The maximum absolute atomic E-state index is 14.4. The molecule has 2 bridgehead atoms. The van der Waals surface area contributed by atoms with Crippen LogP contribution < -0.4 is 0 Å². The van der Waals surface area contributed by atoms with Crippen LogP contribution in [-0.4, -0.2) is 60.0 Å². The number of hydrogen-bond acceptors (Lipinski definition) is 9. The van der Waals surface area contributed by atoms with Crippen LogP contribution in [0, 0.1) is 40.4 Å². The summed E-state index contributed by atoms with van der Waals surface area (Å²) in [6.07, 6.45) is 1.34. The quantitative estimate of drug-likeness (QED) is 0.206. The van der Waals surface area contributed by atoms with Gasteiger partial charge >= 0.3 is 23.9 Å². The number of fused-ring (bicyclic) bond motifs is 5. The molecule has 2 spiro atoms. The van der Waals surface area contributed by atoms with Gasteiger partial charge in [0.25, 0.3) is 0 Å². The van der Waals surface area contributed by atoms with E-state index < -0.39 is 52.9 Å². The highest BCUT2D eigenvalue weighted by Gasteiger charge is 2.80. The van der Waals surface area contributed by atoms with Crippen molar-refractivity contribution in [2.75, 3.05) is 6.61 Å². The van der Waals surface area contributed by atoms with E-state index in [4.69, 9.17) is 18.9 Å². The van der Waals surface area contributed by atoms with E-state index in [1.54, 1.807) is 0 Å². The first-order valence-corrected chi connectivity index (χ1v) is 15.7. The van der Waals surface area contributed by atoms with Crippen molar-refractivity contribution in [1.29, 1.82) is 0 Å². The lowest BCUT2D eigenvalue weighted by molar-refractivity contribution is -0.157. The van der Waals surface area contributed by atoms with Gasteiger partial charge in [0.2, 0.25) is 0 Å². The fourth-order valence-corrected chi connectivity index (χ4v) is 10.5. The summed E-state index contributed by atoms with van der Waals surface area (Å²) in [6.45, 7) is 15.2.